The number of halogens is 3. The number of piperazine rings is 1. The van der Waals surface area contributed by atoms with Crippen molar-refractivity contribution in [3.63, 3.8) is 0 Å². The standard InChI is InChI=1S/C31H36Cl2FN5O4/c1-20(35-30(40)22-7-10-25(32)26(33)18-22)31(41)39-14-12-38(13-15-39)11-4-16-42-23-8-9-24(27(34)19-23)29-36-28(43-37-29)17-21-5-2-3-6-21/h7-10,18-21H,2-6,11-17H2,1H3,(H,35,40)/t20-/m1/s1. The highest BCUT2D eigenvalue weighted by Gasteiger charge is 2.26. The first kappa shape index (κ1) is 31.2. The Bertz CT molecular complexity index is 1420. The molecule has 1 atom stereocenters. The molecule has 43 heavy (non-hydrogen) atoms. The molecule has 2 aromatic carbocycles. The maximum Gasteiger partial charge on any atom is 0.251 e. The Morgan fingerprint density at radius 2 is 1.86 bits per heavy atom. The van der Waals surface area contributed by atoms with Gasteiger partial charge in [-0.3, -0.25) is 14.5 Å². The van der Waals surface area contributed by atoms with Gasteiger partial charge in [0.05, 0.1) is 22.2 Å². The van der Waals surface area contributed by atoms with E-state index in [1.807, 2.05) is 0 Å². The minimum absolute atomic E-state index is 0.132. The van der Waals surface area contributed by atoms with Crippen LogP contribution in [-0.2, 0) is 11.2 Å². The number of benzene rings is 2. The van der Waals surface area contributed by atoms with Crippen molar-refractivity contribution in [2.45, 2.75) is 51.5 Å². The van der Waals surface area contributed by atoms with Crippen molar-refractivity contribution < 1.29 is 23.2 Å². The van der Waals surface area contributed by atoms with Crippen LogP contribution >= 0.6 is 23.2 Å². The number of amides is 2. The minimum Gasteiger partial charge on any atom is -0.493 e. The third-order valence-corrected chi connectivity index (χ3v) is 8.80. The van der Waals surface area contributed by atoms with Gasteiger partial charge >= 0.3 is 0 Å². The molecule has 9 nitrogen and oxygen atoms in total. The van der Waals surface area contributed by atoms with E-state index in [-0.39, 0.29) is 22.7 Å². The predicted octanol–water partition coefficient (Wildman–Crippen LogP) is 5.65. The number of nitrogens with zero attached hydrogens (tertiary/aromatic N) is 4. The van der Waals surface area contributed by atoms with Crippen LogP contribution in [0, 0.1) is 11.7 Å². The highest BCUT2D eigenvalue weighted by molar-refractivity contribution is 6.42. The van der Waals surface area contributed by atoms with Gasteiger partial charge in [-0.25, -0.2) is 4.39 Å². The van der Waals surface area contributed by atoms with E-state index in [1.54, 1.807) is 36.1 Å². The molecule has 1 N–H and O–H groups in total. The third-order valence-electron chi connectivity index (χ3n) is 8.06. The second-order valence-electron chi connectivity index (χ2n) is 11.2. The topological polar surface area (TPSA) is 101 Å². The molecule has 2 heterocycles. The molecule has 1 saturated heterocycles. The number of carbonyl (C=O) groups is 2. The third kappa shape index (κ3) is 8.25. The number of hydrogen-bond acceptors (Lipinski definition) is 7. The van der Waals surface area contributed by atoms with Crippen LogP contribution in [0.4, 0.5) is 4.39 Å². The first-order valence-corrected chi connectivity index (χ1v) is 15.5. The van der Waals surface area contributed by atoms with Crippen LogP contribution in [0.2, 0.25) is 10.0 Å². The summed E-state index contributed by atoms with van der Waals surface area (Å²) in [5, 5.41) is 7.36. The number of aromatic nitrogens is 2. The molecule has 5 rings (SSSR count). The van der Waals surface area contributed by atoms with Crippen molar-refractivity contribution in [1.29, 1.82) is 0 Å². The average molecular weight is 633 g/mol. The number of rotatable bonds is 11. The largest absolute Gasteiger partial charge is 0.493 e. The molecule has 230 valence electrons. The zero-order valence-electron chi connectivity index (χ0n) is 24.2. The average Bonchev–Trinajstić information content (AvgIpc) is 3.69. The molecule has 1 saturated carbocycles. The van der Waals surface area contributed by atoms with E-state index in [9.17, 15) is 14.0 Å². The first-order valence-electron chi connectivity index (χ1n) is 14.8. The summed E-state index contributed by atoms with van der Waals surface area (Å²) >= 11 is 11.9. The maximum absolute atomic E-state index is 14.8. The van der Waals surface area contributed by atoms with E-state index in [0.29, 0.717) is 53.4 Å². The van der Waals surface area contributed by atoms with Gasteiger partial charge in [0.1, 0.15) is 17.6 Å². The summed E-state index contributed by atoms with van der Waals surface area (Å²) in [6.07, 6.45) is 6.34. The summed E-state index contributed by atoms with van der Waals surface area (Å²) in [6, 6.07) is 8.62. The second-order valence-corrected chi connectivity index (χ2v) is 12.0. The van der Waals surface area contributed by atoms with Crippen LogP contribution in [0.3, 0.4) is 0 Å². The lowest BCUT2D eigenvalue weighted by Crippen LogP contribution is -2.54. The molecular formula is C31H36Cl2FN5O4. The van der Waals surface area contributed by atoms with E-state index in [1.165, 1.54) is 37.8 Å². The van der Waals surface area contributed by atoms with E-state index >= 15 is 0 Å². The van der Waals surface area contributed by atoms with Crippen molar-refractivity contribution in [1.82, 2.24) is 25.3 Å². The molecule has 0 bridgehead atoms. The molecule has 1 aliphatic heterocycles. The summed E-state index contributed by atoms with van der Waals surface area (Å²) < 4.78 is 26.0. The Labute approximate surface area is 260 Å². The van der Waals surface area contributed by atoms with E-state index in [4.69, 9.17) is 32.5 Å². The predicted molar refractivity (Wildman–Crippen MR) is 162 cm³/mol. The Balaban J connectivity index is 1.00. The molecule has 3 aromatic rings. The van der Waals surface area contributed by atoms with Crippen LogP contribution < -0.4 is 10.1 Å². The van der Waals surface area contributed by atoms with Crippen LogP contribution in [0.15, 0.2) is 40.9 Å². The summed E-state index contributed by atoms with van der Waals surface area (Å²) in [7, 11) is 0. The van der Waals surface area contributed by atoms with Crippen LogP contribution in [0.1, 0.15) is 55.3 Å². The molecule has 1 aromatic heterocycles. The number of nitrogens with one attached hydrogen (secondary N) is 1. The molecule has 1 aliphatic carbocycles. The lowest BCUT2D eigenvalue weighted by Gasteiger charge is -2.36. The quantitative estimate of drug-likeness (QED) is 0.273. The van der Waals surface area contributed by atoms with E-state index in [0.717, 1.165) is 32.5 Å². The van der Waals surface area contributed by atoms with Gasteiger partial charge in [-0.05, 0) is 62.4 Å². The van der Waals surface area contributed by atoms with Crippen LogP contribution in [-0.4, -0.2) is 77.1 Å². The lowest BCUT2D eigenvalue weighted by molar-refractivity contribution is -0.134. The summed E-state index contributed by atoms with van der Waals surface area (Å²) in [5.41, 5.74) is 0.638. The zero-order chi connectivity index (χ0) is 30.3. The highest BCUT2D eigenvalue weighted by Crippen LogP contribution is 2.29. The second kappa shape index (κ2) is 14.5. The van der Waals surface area contributed by atoms with E-state index < -0.39 is 11.9 Å². The van der Waals surface area contributed by atoms with Gasteiger partial charge in [-0.2, -0.15) is 4.98 Å². The molecular weight excluding hydrogens is 596 g/mol. The van der Waals surface area contributed by atoms with E-state index in [2.05, 4.69) is 20.4 Å². The number of ether oxygens (including phenoxy) is 1. The fourth-order valence-electron chi connectivity index (χ4n) is 5.60. The Kier molecular flexibility index (Phi) is 10.5. The molecule has 2 fully saturated rings. The Hall–Kier alpha value is -3.21. The summed E-state index contributed by atoms with van der Waals surface area (Å²) in [6.45, 7) is 5.47. The van der Waals surface area contributed by atoms with Gasteiger partial charge in [0.2, 0.25) is 17.6 Å². The normalized spacial score (nSPS) is 16.8. The van der Waals surface area contributed by atoms with Crippen molar-refractivity contribution in [3.05, 3.63) is 63.7 Å². The first-order chi connectivity index (χ1) is 20.8. The number of hydrogen-bond donors (Lipinski definition) is 1. The van der Waals surface area contributed by atoms with Crippen LogP contribution in [0.5, 0.6) is 5.75 Å². The molecule has 0 radical (unpaired) electrons. The van der Waals surface area contributed by atoms with Gasteiger partial charge in [-0.15, -0.1) is 0 Å². The van der Waals surface area contributed by atoms with Gasteiger partial charge in [0.25, 0.3) is 5.91 Å². The fraction of sp³-hybridized carbons (Fsp3) is 0.484. The Morgan fingerprint density at radius 3 is 2.58 bits per heavy atom. The molecule has 2 aliphatic rings. The molecule has 12 heteroatoms. The monoisotopic (exact) mass is 631 g/mol. The lowest BCUT2D eigenvalue weighted by atomic mass is 10.0. The molecule has 0 unspecified atom stereocenters. The smallest absolute Gasteiger partial charge is 0.251 e. The van der Waals surface area contributed by atoms with Crippen LogP contribution in [0.25, 0.3) is 11.4 Å². The fourth-order valence-corrected chi connectivity index (χ4v) is 5.90. The summed E-state index contributed by atoms with van der Waals surface area (Å²) in [5.74, 6) is 0.882. The van der Waals surface area contributed by atoms with Crippen molar-refractivity contribution >= 4 is 35.0 Å². The van der Waals surface area contributed by atoms with Gasteiger partial charge in [-0.1, -0.05) is 41.2 Å². The van der Waals surface area contributed by atoms with Gasteiger partial charge < -0.3 is 19.5 Å². The zero-order valence-corrected chi connectivity index (χ0v) is 25.7. The van der Waals surface area contributed by atoms with Crippen molar-refractivity contribution in [2.75, 3.05) is 39.3 Å². The minimum atomic E-state index is -0.673. The number of carbonyl (C=O) groups excluding carboxylic acids is 2. The molecule has 0 spiro atoms. The Morgan fingerprint density at radius 1 is 1.09 bits per heavy atom. The van der Waals surface area contributed by atoms with Gasteiger partial charge in [0, 0.05) is 50.8 Å². The highest BCUT2D eigenvalue weighted by atomic mass is 35.5. The van der Waals surface area contributed by atoms with Crippen molar-refractivity contribution in [3.8, 4) is 17.1 Å². The van der Waals surface area contributed by atoms with Crippen molar-refractivity contribution in [2.24, 2.45) is 5.92 Å². The summed E-state index contributed by atoms with van der Waals surface area (Å²) in [4.78, 5) is 33.9. The van der Waals surface area contributed by atoms with Gasteiger partial charge in [0.15, 0.2) is 0 Å². The SMILES string of the molecule is C[C@@H](NC(=O)c1ccc(Cl)c(Cl)c1)C(=O)N1CCN(CCCOc2ccc(-c3noc(CC4CCCC4)n3)c(F)c2)CC1. The maximum atomic E-state index is 14.8. The molecule has 2 amide bonds.